The number of aliphatic hydroxyl groups excluding tert-OH is 1. The maximum absolute atomic E-state index is 13.6. The molecule has 1 heterocycles. The van der Waals surface area contributed by atoms with E-state index in [1.165, 1.54) is 11.8 Å². The molecule has 1 aliphatic heterocycles. The lowest BCUT2D eigenvalue weighted by Crippen LogP contribution is -2.50. The Labute approximate surface area is 141 Å². The predicted molar refractivity (Wildman–Crippen MR) is 77.5 cm³/mol. The van der Waals surface area contributed by atoms with Gasteiger partial charge < -0.3 is 15.7 Å². The van der Waals surface area contributed by atoms with Crippen molar-refractivity contribution in [3.05, 3.63) is 34.6 Å². The topological polar surface area (TPSA) is 90.8 Å². The second-order valence-corrected chi connectivity index (χ2v) is 5.76. The number of rotatable bonds is 4. The number of hydrogen-bond donors (Lipinski definition) is 3. The van der Waals surface area contributed by atoms with E-state index < -0.39 is 59.1 Å². The van der Waals surface area contributed by atoms with Crippen molar-refractivity contribution in [2.75, 3.05) is 18.9 Å². The molecule has 0 radical (unpaired) electrons. The first-order valence-electron chi connectivity index (χ1n) is 6.69. The lowest BCUT2D eigenvalue weighted by molar-refractivity contribution is -0.122. The number of aliphatic imine (C=N–C) groups is 1. The van der Waals surface area contributed by atoms with Gasteiger partial charge in [-0.3, -0.25) is 14.6 Å². The van der Waals surface area contributed by atoms with E-state index >= 15 is 0 Å². The second-order valence-electron chi connectivity index (χ2n) is 4.68. The molecule has 1 unspecified atom stereocenters. The fourth-order valence-electron chi connectivity index (χ4n) is 1.83. The highest BCUT2D eigenvalue weighted by molar-refractivity contribution is 8.14. The molecule has 0 saturated carbocycles. The van der Waals surface area contributed by atoms with Crippen molar-refractivity contribution in [1.29, 1.82) is 0 Å². The lowest BCUT2D eigenvalue weighted by Gasteiger charge is -2.16. The molecule has 2 amide bonds. The molecule has 1 aromatic carbocycles. The van der Waals surface area contributed by atoms with Gasteiger partial charge in [-0.25, -0.2) is 22.0 Å². The number of carbonyl (C=O) groups is 2. The molecule has 0 fully saturated rings. The van der Waals surface area contributed by atoms with Crippen LogP contribution in [0.25, 0.3) is 0 Å². The standard InChI is InChI=1S/C13H10F5N3O3S/c14-6-5(7(15)9(17)10(18)8(6)16)12(24)20-4(3-22)11(23)21-13-19-1-2-25-13/h4,22H,1-3H2,(H,20,24)(H,19,21,23). The normalized spacial score (nSPS) is 14.9. The molecule has 12 heteroatoms. The summed E-state index contributed by atoms with van der Waals surface area (Å²) in [7, 11) is 0. The van der Waals surface area contributed by atoms with Crippen LogP contribution < -0.4 is 10.6 Å². The van der Waals surface area contributed by atoms with Crippen LogP contribution in [0.1, 0.15) is 10.4 Å². The Bertz CT molecular complexity index is 730. The molecule has 6 nitrogen and oxygen atoms in total. The van der Waals surface area contributed by atoms with Gasteiger partial charge in [-0.1, -0.05) is 11.8 Å². The molecule has 136 valence electrons. The van der Waals surface area contributed by atoms with Crippen LogP contribution in [0.2, 0.25) is 0 Å². The molecule has 1 atom stereocenters. The lowest BCUT2D eigenvalue weighted by atomic mass is 10.1. The van der Waals surface area contributed by atoms with E-state index in [1.54, 1.807) is 5.32 Å². The minimum absolute atomic E-state index is 0.217. The zero-order valence-electron chi connectivity index (χ0n) is 12.2. The first kappa shape index (κ1) is 19.1. The summed E-state index contributed by atoms with van der Waals surface area (Å²) >= 11 is 1.19. The van der Waals surface area contributed by atoms with Gasteiger partial charge in [0.05, 0.1) is 13.2 Å². The number of nitrogens with one attached hydrogen (secondary N) is 2. The average molecular weight is 383 g/mol. The highest BCUT2D eigenvalue weighted by Crippen LogP contribution is 2.23. The van der Waals surface area contributed by atoms with Gasteiger partial charge in [0.2, 0.25) is 5.82 Å². The molecule has 2 rings (SSSR count). The molecular weight excluding hydrogens is 373 g/mol. The Morgan fingerprint density at radius 1 is 1.08 bits per heavy atom. The summed E-state index contributed by atoms with van der Waals surface area (Å²) < 4.78 is 66.4. The number of carbonyl (C=O) groups excluding carboxylic acids is 2. The number of hydrogen-bond acceptors (Lipinski definition) is 5. The molecule has 1 aromatic rings. The van der Waals surface area contributed by atoms with E-state index in [-0.39, 0.29) is 5.17 Å². The maximum atomic E-state index is 13.6. The summed E-state index contributed by atoms with van der Waals surface area (Å²) in [5.41, 5.74) is -1.75. The number of nitrogens with zero attached hydrogens (tertiary/aromatic N) is 1. The van der Waals surface area contributed by atoms with Crippen molar-refractivity contribution < 1.29 is 36.6 Å². The molecule has 0 spiro atoms. The number of amides is 2. The maximum Gasteiger partial charge on any atom is 0.258 e. The quantitative estimate of drug-likeness (QED) is 0.406. The third-order valence-corrected chi connectivity index (χ3v) is 3.95. The van der Waals surface area contributed by atoms with Gasteiger partial charge in [0, 0.05) is 5.75 Å². The number of halogens is 5. The molecule has 0 saturated heterocycles. The smallest absolute Gasteiger partial charge is 0.258 e. The van der Waals surface area contributed by atoms with Gasteiger partial charge in [-0.15, -0.1) is 0 Å². The molecule has 0 aromatic heterocycles. The Morgan fingerprint density at radius 3 is 2.12 bits per heavy atom. The van der Waals surface area contributed by atoms with Crippen LogP contribution in [0, 0.1) is 29.1 Å². The first-order valence-corrected chi connectivity index (χ1v) is 7.67. The Hall–Kier alpha value is -2.21. The minimum atomic E-state index is -2.42. The average Bonchev–Trinajstić information content (AvgIpc) is 3.09. The van der Waals surface area contributed by atoms with Crippen molar-refractivity contribution >= 4 is 28.7 Å². The summed E-state index contributed by atoms with van der Waals surface area (Å²) in [6.07, 6.45) is 0. The molecular formula is C13H10F5N3O3S. The molecule has 3 N–H and O–H groups in total. The summed E-state index contributed by atoms with van der Waals surface area (Å²) in [5, 5.41) is 13.3. The zero-order chi connectivity index (χ0) is 18.7. The number of aliphatic hydroxyl groups is 1. The number of amidine groups is 1. The fraction of sp³-hybridized carbons (Fsp3) is 0.308. The van der Waals surface area contributed by atoms with E-state index in [2.05, 4.69) is 10.3 Å². The Kier molecular flexibility index (Phi) is 5.95. The minimum Gasteiger partial charge on any atom is -0.394 e. The van der Waals surface area contributed by atoms with E-state index in [9.17, 15) is 31.5 Å². The van der Waals surface area contributed by atoms with Crippen LogP contribution in [0.3, 0.4) is 0 Å². The second kappa shape index (κ2) is 7.78. The first-order chi connectivity index (χ1) is 11.8. The molecule has 1 aliphatic rings. The Balaban J connectivity index is 2.21. The Morgan fingerprint density at radius 2 is 1.64 bits per heavy atom. The predicted octanol–water partition coefficient (Wildman–Crippen LogP) is 0.692. The molecule has 0 bridgehead atoms. The molecule has 25 heavy (non-hydrogen) atoms. The van der Waals surface area contributed by atoms with Crippen LogP contribution in [-0.4, -0.2) is 47.0 Å². The SMILES string of the molecule is O=C(NC(CO)C(=O)NC1=NCCS1)c1c(F)c(F)c(F)c(F)c1F. The van der Waals surface area contributed by atoms with Gasteiger partial charge in [0.25, 0.3) is 11.8 Å². The highest BCUT2D eigenvalue weighted by atomic mass is 32.2. The van der Waals surface area contributed by atoms with Crippen LogP contribution in [0.15, 0.2) is 4.99 Å². The summed E-state index contributed by atoms with van der Waals surface area (Å²) in [4.78, 5) is 27.6. The van der Waals surface area contributed by atoms with Crippen LogP contribution in [-0.2, 0) is 4.79 Å². The number of benzene rings is 1. The van der Waals surface area contributed by atoms with Crippen molar-refractivity contribution in [2.45, 2.75) is 6.04 Å². The van der Waals surface area contributed by atoms with Crippen molar-refractivity contribution in [1.82, 2.24) is 10.6 Å². The third-order valence-electron chi connectivity index (χ3n) is 3.06. The van der Waals surface area contributed by atoms with Gasteiger partial charge >= 0.3 is 0 Å². The van der Waals surface area contributed by atoms with E-state index in [4.69, 9.17) is 5.11 Å². The number of thioether (sulfide) groups is 1. The monoisotopic (exact) mass is 383 g/mol. The van der Waals surface area contributed by atoms with E-state index in [0.717, 1.165) is 0 Å². The van der Waals surface area contributed by atoms with E-state index in [1.807, 2.05) is 0 Å². The summed E-state index contributed by atoms with van der Waals surface area (Å²) in [5.74, 6) is -13.8. The fourth-order valence-corrected chi connectivity index (χ4v) is 2.56. The van der Waals surface area contributed by atoms with Crippen molar-refractivity contribution in [2.24, 2.45) is 4.99 Å². The van der Waals surface area contributed by atoms with Gasteiger partial charge in [0.15, 0.2) is 28.4 Å². The summed E-state index contributed by atoms with van der Waals surface area (Å²) in [6, 6.07) is -1.69. The van der Waals surface area contributed by atoms with Crippen LogP contribution >= 0.6 is 11.8 Å². The molecule has 0 aliphatic carbocycles. The van der Waals surface area contributed by atoms with E-state index in [0.29, 0.717) is 12.3 Å². The van der Waals surface area contributed by atoms with Crippen LogP contribution in [0.5, 0.6) is 0 Å². The van der Waals surface area contributed by atoms with Crippen molar-refractivity contribution in [3.63, 3.8) is 0 Å². The van der Waals surface area contributed by atoms with Gasteiger partial charge in [0.1, 0.15) is 11.6 Å². The summed E-state index contributed by atoms with van der Waals surface area (Å²) in [6.45, 7) is -0.536. The largest absolute Gasteiger partial charge is 0.394 e. The van der Waals surface area contributed by atoms with Gasteiger partial charge in [-0.05, 0) is 0 Å². The van der Waals surface area contributed by atoms with Gasteiger partial charge in [-0.2, -0.15) is 0 Å². The zero-order valence-corrected chi connectivity index (χ0v) is 13.0. The van der Waals surface area contributed by atoms with Crippen LogP contribution in [0.4, 0.5) is 22.0 Å². The third kappa shape index (κ3) is 3.90. The van der Waals surface area contributed by atoms with Crippen molar-refractivity contribution in [3.8, 4) is 0 Å². The highest BCUT2D eigenvalue weighted by Gasteiger charge is 2.32.